The number of halogens is 3. The van der Waals surface area contributed by atoms with Crippen LogP contribution in [0.25, 0.3) is 5.70 Å². The van der Waals surface area contributed by atoms with E-state index in [9.17, 15) is 18.0 Å². The molecule has 152 valence electrons. The van der Waals surface area contributed by atoms with Crippen LogP contribution in [-0.2, 0) is 10.9 Å². The van der Waals surface area contributed by atoms with Gasteiger partial charge in [-0.25, -0.2) is 4.79 Å². The summed E-state index contributed by atoms with van der Waals surface area (Å²) in [7, 11) is 0. The van der Waals surface area contributed by atoms with Crippen LogP contribution in [-0.4, -0.2) is 24.0 Å². The highest BCUT2D eigenvalue weighted by Crippen LogP contribution is 2.36. The lowest BCUT2D eigenvalue weighted by Gasteiger charge is -2.19. The van der Waals surface area contributed by atoms with Gasteiger partial charge in [0.15, 0.2) is 0 Å². The predicted octanol–water partition coefficient (Wildman–Crippen LogP) is 5.61. The Balaban J connectivity index is 1.98. The molecule has 2 atom stereocenters. The van der Waals surface area contributed by atoms with Crippen molar-refractivity contribution in [2.75, 3.05) is 0 Å². The Labute approximate surface area is 163 Å². The number of aliphatic imine (C=N–C) groups is 1. The summed E-state index contributed by atoms with van der Waals surface area (Å²) in [6, 6.07) is 4.95. The number of carbonyl (C=O) groups is 1. The number of hydrogen-bond acceptors (Lipinski definition) is 3. The number of nitrogens with one attached hydrogen (secondary N) is 1. The van der Waals surface area contributed by atoms with Crippen molar-refractivity contribution >= 4 is 18.0 Å². The van der Waals surface area contributed by atoms with E-state index >= 15 is 0 Å². The number of ether oxygens (including phenoxy) is 1. The number of rotatable bonds is 5. The van der Waals surface area contributed by atoms with E-state index in [0.29, 0.717) is 16.8 Å². The molecule has 0 spiro atoms. The Bertz CT molecular complexity index is 805. The minimum atomic E-state index is -4.41. The van der Waals surface area contributed by atoms with Crippen molar-refractivity contribution in [2.24, 2.45) is 10.9 Å². The molecule has 2 rings (SSSR count). The first-order valence-corrected chi connectivity index (χ1v) is 8.97. The molecule has 0 heterocycles. The van der Waals surface area contributed by atoms with Gasteiger partial charge in [-0.2, -0.15) is 13.2 Å². The lowest BCUT2D eigenvalue weighted by Crippen LogP contribution is -2.34. The molecule has 0 saturated heterocycles. The molecule has 1 fully saturated rings. The second-order valence-electron chi connectivity index (χ2n) is 7.68. The Morgan fingerprint density at radius 2 is 2.00 bits per heavy atom. The van der Waals surface area contributed by atoms with E-state index < -0.39 is 23.4 Å². The number of amides is 1. The zero-order valence-electron chi connectivity index (χ0n) is 16.4. The largest absolute Gasteiger partial charge is 0.444 e. The van der Waals surface area contributed by atoms with Gasteiger partial charge in [-0.15, -0.1) is 0 Å². The summed E-state index contributed by atoms with van der Waals surface area (Å²) in [6.45, 7) is 11.0. The molecule has 0 aliphatic heterocycles. The fourth-order valence-corrected chi connectivity index (χ4v) is 2.64. The summed E-state index contributed by atoms with van der Waals surface area (Å²) < 4.78 is 43.9. The van der Waals surface area contributed by atoms with Gasteiger partial charge < -0.3 is 10.1 Å². The highest BCUT2D eigenvalue weighted by atomic mass is 19.4. The standard InChI is InChI=1S/C21H25F3N2O2/c1-6-17(14-8-7-9-15(10-14)21(22,23)24)25-12-13(2)16-11-18(16)26-19(27)28-20(3,4)5/h6-10,12,16,18H,2,11H2,1,3-5H3,(H,26,27)/b17-6-,25-12?/t16-,18+/m1/s1. The molecular formula is C21H25F3N2O2. The van der Waals surface area contributed by atoms with Crippen LogP contribution in [0.15, 0.2) is 47.5 Å². The smallest absolute Gasteiger partial charge is 0.416 e. The maximum Gasteiger partial charge on any atom is 0.416 e. The molecular weight excluding hydrogens is 369 g/mol. The summed E-state index contributed by atoms with van der Waals surface area (Å²) in [4.78, 5) is 16.1. The second-order valence-corrected chi connectivity index (χ2v) is 7.68. The van der Waals surface area contributed by atoms with Crippen molar-refractivity contribution in [3.63, 3.8) is 0 Å². The summed E-state index contributed by atoms with van der Waals surface area (Å²) in [6.07, 6.45) is -0.988. The third-order valence-electron chi connectivity index (χ3n) is 4.10. The van der Waals surface area contributed by atoms with Gasteiger partial charge in [0.25, 0.3) is 0 Å². The first-order valence-electron chi connectivity index (χ1n) is 8.97. The van der Waals surface area contributed by atoms with Crippen molar-refractivity contribution < 1.29 is 22.7 Å². The summed E-state index contributed by atoms with van der Waals surface area (Å²) in [5, 5.41) is 2.78. The van der Waals surface area contributed by atoms with Crippen LogP contribution >= 0.6 is 0 Å². The quantitative estimate of drug-likeness (QED) is 0.660. The lowest BCUT2D eigenvalue weighted by molar-refractivity contribution is -0.137. The molecule has 1 aliphatic rings. The average molecular weight is 394 g/mol. The average Bonchev–Trinajstić information content (AvgIpc) is 3.32. The second kappa shape index (κ2) is 8.20. The molecule has 1 aromatic rings. The third kappa shape index (κ3) is 6.25. The molecule has 1 aliphatic carbocycles. The number of alkyl carbamates (subject to hydrolysis) is 1. The van der Waals surface area contributed by atoms with Gasteiger partial charge in [0, 0.05) is 23.7 Å². The fourth-order valence-electron chi connectivity index (χ4n) is 2.64. The molecule has 1 N–H and O–H groups in total. The van der Waals surface area contributed by atoms with Gasteiger partial charge in [0.1, 0.15) is 5.60 Å². The van der Waals surface area contributed by atoms with Crippen molar-refractivity contribution in [3.8, 4) is 0 Å². The van der Waals surface area contributed by atoms with Gasteiger partial charge in [0.2, 0.25) is 0 Å². The minimum Gasteiger partial charge on any atom is -0.444 e. The van der Waals surface area contributed by atoms with Crippen LogP contribution in [0.5, 0.6) is 0 Å². The van der Waals surface area contributed by atoms with E-state index in [2.05, 4.69) is 16.9 Å². The number of carbonyl (C=O) groups excluding carboxylic acids is 1. The molecule has 28 heavy (non-hydrogen) atoms. The van der Waals surface area contributed by atoms with Gasteiger partial charge in [-0.1, -0.05) is 24.8 Å². The van der Waals surface area contributed by atoms with Crippen LogP contribution in [0.1, 0.15) is 45.2 Å². The van der Waals surface area contributed by atoms with Gasteiger partial charge in [-0.3, -0.25) is 4.99 Å². The third-order valence-corrected chi connectivity index (χ3v) is 4.10. The molecule has 4 nitrogen and oxygen atoms in total. The van der Waals surface area contributed by atoms with Crippen LogP contribution in [0.4, 0.5) is 18.0 Å². The zero-order chi connectivity index (χ0) is 21.1. The van der Waals surface area contributed by atoms with E-state index in [4.69, 9.17) is 4.74 Å². The number of nitrogens with zero attached hydrogens (tertiary/aromatic N) is 1. The van der Waals surface area contributed by atoms with Crippen LogP contribution in [0.3, 0.4) is 0 Å². The molecule has 0 radical (unpaired) electrons. The molecule has 0 aromatic heterocycles. The monoisotopic (exact) mass is 394 g/mol. The first-order chi connectivity index (χ1) is 12.9. The van der Waals surface area contributed by atoms with E-state index in [1.54, 1.807) is 39.8 Å². The topological polar surface area (TPSA) is 50.7 Å². The minimum absolute atomic E-state index is 0.0379. The van der Waals surface area contributed by atoms with Crippen molar-refractivity contribution in [1.82, 2.24) is 5.32 Å². The SMILES string of the molecule is C=C(C=N/C(=C\C)c1cccc(C(F)(F)F)c1)[C@H]1C[C@@H]1NC(=O)OC(C)(C)C. The molecule has 0 bridgehead atoms. The maximum atomic E-state index is 12.9. The van der Waals surface area contributed by atoms with Gasteiger partial charge >= 0.3 is 12.3 Å². The molecule has 7 heteroatoms. The van der Waals surface area contributed by atoms with Crippen LogP contribution in [0.2, 0.25) is 0 Å². The van der Waals surface area contributed by atoms with Crippen molar-refractivity contribution in [3.05, 3.63) is 53.6 Å². The zero-order valence-corrected chi connectivity index (χ0v) is 16.4. The van der Waals surface area contributed by atoms with Crippen LogP contribution < -0.4 is 5.32 Å². The summed E-state index contributed by atoms with van der Waals surface area (Å²) in [5.41, 5.74) is 0.207. The highest BCUT2D eigenvalue weighted by Gasteiger charge is 2.40. The first kappa shape index (κ1) is 21.7. The van der Waals surface area contributed by atoms with E-state index in [1.807, 2.05) is 0 Å². The maximum absolute atomic E-state index is 12.9. The van der Waals surface area contributed by atoms with E-state index in [0.717, 1.165) is 18.6 Å². The normalized spacial score (nSPS) is 20.2. The molecule has 0 unspecified atom stereocenters. The Morgan fingerprint density at radius 1 is 1.32 bits per heavy atom. The summed E-state index contributed by atoms with van der Waals surface area (Å²) >= 11 is 0. The Morgan fingerprint density at radius 3 is 2.57 bits per heavy atom. The molecule has 1 saturated carbocycles. The van der Waals surface area contributed by atoms with Gasteiger partial charge in [-0.05, 0) is 51.8 Å². The lowest BCUT2D eigenvalue weighted by atomic mass is 10.1. The number of alkyl halides is 3. The van der Waals surface area contributed by atoms with E-state index in [-0.39, 0.29) is 12.0 Å². The van der Waals surface area contributed by atoms with Crippen LogP contribution in [0, 0.1) is 5.92 Å². The van der Waals surface area contributed by atoms with Crippen molar-refractivity contribution in [1.29, 1.82) is 0 Å². The Kier molecular flexibility index (Phi) is 6.37. The summed E-state index contributed by atoms with van der Waals surface area (Å²) in [5.74, 6) is 0.0379. The van der Waals surface area contributed by atoms with E-state index in [1.165, 1.54) is 12.3 Å². The Hall–Kier alpha value is -2.57. The molecule has 1 amide bonds. The van der Waals surface area contributed by atoms with Crippen molar-refractivity contribution in [2.45, 2.75) is 51.9 Å². The number of hydrogen-bond donors (Lipinski definition) is 1. The highest BCUT2D eigenvalue weighted by molar-refractivity contribution is 5.85. The predicted molar refractivity (Wildman–Crippen MR) is 104 cm³/mol. The molecule has 1 aromatic carbocycles. The number of allylic oxidation sites excluding steroid dienone is 1. The number of benzene rings is 1. The van der Waals surface area contributed by atoms with Gasteiger partial charge in [0.05, 0.1) is 11.3 Å². The fraction of sp³-hybridized carbons (Fsp3) is 0.429.